The number of benzene rings is 1. The number of aromatic nitrogens is 2. The van der Waals surface area contributed by atoms with Crippen molar-refractivity contribution in [3.63, 3.8) is 0 Å². The number of aromatic amines is 1. The topological polar surface area (TPSA) is 113 Å². The van der Waals surface area contributed by atoms with E-state index in [-0.39, 0.29) is 11.8 Å². The Balaban J connectivity index is 1.72. The van der Waals surface area contributed by atoms with Crippen LogP contribution in [0.25, 0.3) is 0 Å². The van der Waals surface area contributed by atoms with E-state index in [4.69, 9.17) is 17.3 Å². The minimum Gasteiger partial charge on any atom is -0.375 e. The van der Waals surface area contributed by atoms with Crippen LogP contribution in [0.4, 0.5) is 5.13 Å². The highest BCUT2D eigenvalue weighted by Gasteiger charge is 2.23. The van der Waals surface area contributed by atoms with Crippen LogP contribution in [0, 0.1) is 6.92 Å². The number of rotatable bonds is 7. The molecule has 0 aliphatic rings. The van der Waals surface area contributed by atoms with E-state index in [2.05, 4.69) is 20.6 Å². The van der Waals surface area contributed by atoms with Crippen LogP contribution in [0.3, 0.4) is 0 Å². The van der Waals surface area contributed by atoms with Crippen molar-refractivity contribution in [2.45, 2.75) is 25.9 Å². The number of nitrogens with two attached hydrogens (primary N) is 1. The molecule has 3 rings (SSSR count). The summed E-state index contributed by atoms with van der Waals surface area (Å²) in [6, 6.07) is 8.22. The second kappa shape index (κ2) is 8.90. The first kappa shape index (κ1) is 19.9. The summed E-state index contributed by atoms with van der Waals surface area (Å²) in [5.41, 5.74) is 7.74. The van der Waals surface area contributed by atoms with E-state index in [1.807, 2.05) is 19.1 Å². The van der Waals surface area contributed by atoms with Crippen molar-refractivity contribution >= 4 is 39.9 Å². The Morgan fingerprint density at radius 1 is 1.29 bits per heavy atom. The van der Waals surface area contributed by atoms with E-state index in [1.165, 1.54) is 11.3 Å². The molecule has 0 spiro atoms. The van der Waals surface area contributed by atoms with Gasteiger partial charge in [-0.25, -0.2) is 4.98 Å². The van der Waals surface area contributed by atoms with Gasteiger partial charge in [-0.15, -0.1) is 11.3 Å². The quantitative estimate of drug-likeness (QED) is 0.473. The van der Waals surface area contributed by atoms with Gasteiger partial charge in [0.2, 0.25) is 5.91 Å². The zero-order valence-electron chi connectivity index (χ0n) is 15.2. The Hall–Kier alpha value is -2.84. The van der Waals surface area contributed by atoms with E-state index >= 15 is 0 Å². The van der Waals surface area contributed by atoms with Gasteiger partial charge in [0.05, 0.1) is 6.54 Å². The second-order valence-corrected chi connectivity index (χ2v) is 7.86. The van der Waals surface area contributed by atoms with Crippen LogP contribution in [0.15, 0.2) is 42.7 Å². The van der Waals surface area contributed by atoms with Gasteiger partial charge in [-0.3, -0.25) is 9.59 Å². The van der Waals surface area contributed by atoms with Crippen LogP contribution < -0.4 is 16.4 Å². The third kappa shape index (κ3) is 5.11. The molecule has 3 aromatic rings. The maximum atomic E-state index is 12.8. The number of carbonyl (C=O) groups excluding carboxylic acids is 2. The summed E-state index contributed by atoms with van der Waals surface area (Å²) in [5.74, 6) is -0.627. The van der Waals surface area contributed by atoms with Crippen molar-refractivity contribution in [1.82, 2.24) is 20.6 Å². The first-order chi connectivity index (χ1) is 13.4. The Morgan fingerprint density at radius 3 is 2.64 bits per heavy atom. The van der Waals surface area contributed by atoms with E-state index < -0.39 is 6.04 Å². The number of aryl methyl sites for hydroxylation is 1. The number of nitrogens with one attached hydrogen (secondary N) is 3. The summed E-state index contributed by atoms with van der Waals surface area (Å²) in [4.78, 5) is 33.1. The van der Waals surface area contributed by atoms with Crippen LogP contribution in [-0.4, -0.2) is 27.8 Å². The standard InChI is InChI=1S/C19H20ClN5O2S/c1-11-6-7-22-16(11)18(27)25-15(8-12-2-4-13(20)5-3-12)17(26)23-9-14-10-24-19(21)28-14/h2-7,10,15,22H,8-9H2,1H3,(H2,21,24)(H,23,26)(H,25,27)/t15-/m0/s1. The molecule has 7 nitrogen and oxygen atoms in total. The number of halogens is 1. The number of thiazole rings is 1. The molecule has 2 amide bonds. The van der Waals surface area contributed by atoms with Gasteiger partial charge in [-0.05, 0) is 36.2 Å². The highest BCUT2D eigenvalue weighted by Crippen LogP contribution is 2.15. The number of carbonyl (C=O) groups is 2. The molecule has 0 aliphatic heterocycles. The molecule has 0 fully saturated rings. The lowest BCUT2D eigenvalue weighted by molar-refractivity contribution is -0.123. The summed E-state index contributed by atoms with van der Waals surface area (Å²) < 4.78 is 0. The van der Waals surface area contributed by atoms with E-state index in [1.54, 1.807) is 30.6 Å². The molecule has 5 N–H and O–H groups in total. The van der Waals surface area contributed by atoms with Crippen LogP contribution in [0.1, 0.15) is 26.5 Å². The van der Waals surface area contributed by atoms with Gasteiger partial charge < -0.3 is 21.4 Å². The highest BCUT2D eigenvalue weighted by atomic mass is 35.5. The molecule has 2 heterocycles. The van der Waals surface area contributed by atoms with Crippen molar-refractivity contribution in [3.05, 3.63) is 69.4 Å². The molecule has 146 valence electrons. The van der Waals surface area contributed by atoms with Crippen LogP contribution in [0.2, 0.25) is 5.02 Å². The Bertz CT molecular complexity index is 967. The minimum absolute atomic E-state index is 0.292. The number of nitrogens with zero attached hydrogens (tertiary/aromatic N) is 1. The molecule has 28 heavy (non-hydrogen) atoms. The van der Waals surface area contributed by atoms with E-state index in [0.29, 0.717) is 28.8 Å². The van der Waals surface area contributed by atoms with Crippen molar-refractivity contribution in [2.75, 3.05) is 5.73 Å². The fourth-order valence-electron chi connectivity index (χ4n) is 2.69. The number of hydrogen-bond acceptors (Lipinski definition) is 5. The fraction of sp³-hybridized carbons (Fsp3) is 0.211. The number of anilines is 1. The lowest BCUT2D eigenvalue weighted by atomic mass is 10.0. The number of H-pyrrole nitrogens is 1. The molecule has 9 heteroatoms. The van der Waals surface area contributed by atoms with Crippen molar-refractivity contribution in [1.29, 1.82) is 0 Å². The molecule has 0 saturated heterocycles. The third-order valence-corrected chi connectivity index (χ3v) is 5.24. The molecule has 0 bridgehead atoms. The van der Waals surface area contributed by atoms with Crippen LogP contribution in [0.5, 0.6) is 0 Å². The normalized spacial score (nSPS) is 11.8. The maximum absolute atomic E-state index is 12.8. The van der Waals surface area contributed by atoms with Crippen LogP contribution in [-0.2, 0) is 17.8 Å². The Kier molecular flexibility index (Phi) is 6.33. The van der Waals surface area contributed by atoms with E-state index in [0.717, 1.165) is 16.0 Å². The molecule has 0 unspecified atom stereocenters. The second-order valence-electron chi connectivity index (χ2n) is 6.27. The largest absolute Gasteiger partial charge is 0.375 e. The molecule has 1 aromatic carbocycles. The van der Waals surface area contributed by atoms with Gasteiger partial charge >= 0.3 is 0 Å². The Labute approximate surface area is 171 Å². The lowest BCUT2D eigenvalue weighted by Crippen LogP contribution is -2.48. The first-order valence-corrected chi connectivity index (χ1v) is 9.79. The van der Waals surface area contributed by atoms with Crippen molar-refractivity contribution in [2.24, 2.45) is 0 Å². The fourth-order valence-corrected chi connectivity index (χ4v) is 3.44. The number of amides is 2. The molecule has 0 aliphatic carbocycles. The number of hydrogen-bond donors (Lipinski definition) is 4. The highest BCUT2D eigenvalue weighted by molar-refractivity contribution is 7.15. The third-order valence-electron chi connectivity index (χ3n) is 4.17. The smallest absolute Gasteiger partial charge is 0.268 e. The summed E-state index contributed by atoms with van der Waals surface area (Å²) in [6.07, 6.45) is 3.64. The Morgan fingerprint density at radius 2 is 2.04 bits per heavy atom. The minimum atomic E-state index is -0.748. The molecular weight excluding hydrogens is 398 g/mol. The predicted molar refractivity (Wildman–Crippen MR) is 110 cm³/mol. The summed E-state index contributed by atoms with van der Waals surface area (Å²) in [6.45, 7) is 2.12. The summed E-state index contributed by atoms with van der Waals surface area (Å²) in [7, 11) is 0. The molecule has 0 saturated carbocycles. The molecule has 2 aromatic heterocycles. The lowest BCUT2D eigenvalue weighted by Gasteiger charge is -2.18. The zero-order chi connectivity index (χ0) is 20.1. The number of nitrogen functional groups attached to an aromatic ring is 1. The SMILES string of the molecule is Cc1cc[nH]c1C(=O)N[C@@H](Cc1ccc(Cl)cc1)C(=O)NCc1cnc(N)s1. The average molecular weight is 418 g/mol. The summed E-state index contributed by atoms with van der Waals surface area (Å²) in [5, 5.41) is 6.70. The van der Waals surface area contributed by atoms with Gasteiger partial charge in [0.15, 0.2) is 5.13 Å². The average Bonchev–Trinajstić information content (AvgIpc) is 3.29. The van der Waals surface area contributed by atoms with Gasteiger partial charge in [0.1, 0.15) is 11.7 Å². The van der Waals surface area contributed by atoms with Gasteiger partial charge in [-0.1, -0.05) is 23.7 Å². The monoisotopic (exact) mass is 417 g/mol. The van der Waals surface area contributed by atoms with Gasteiger partial charge in [-0.2, -0.15) is 0 Å². The molecule has 1 atom stereocenters. The first-order valence-electron chi connectivity index (χ1n) is 8.59. The molecule has 0 radical (unpaired) electrons. The predicted octanol–water partition coefficient (Wildman–Crippen LogP) is 2.67. The van der Waals surface area contributed by atoms with Crippen molar-refractivity contribution in [3.8, 4) is 0 Å². The van der Waals surface area contributed by atoms with Gasteiger partial charge in [0.25, 0.3) is 5.91 Å². The summed E-state index contributed by atoms with van der Waals surface area (Å²) >= 11 is 7.24. The zero-order valence-corrected chi connectivity index (χ0v) is 16.7. The van der Waals surface area contributed by atoms with Crippen LogP contribution >= 0.6 is 22.9 Å². The maximum Gasteiger partial charge on any atom is 0.268 e. The van der Waals surface area contributed by atoms with Crippen molar-refractivity contribution < 1.29 is 9.59 Å². The van der Waals surface area contributed by atoms with Gasteiger partial charge in [0, 0.05) is 28.7 Å². The molecular formula is C19H20ClN5O2S. The van der Waals surface area contributed by atoms with E-state index in [9.17, 15) is 9.59 Å².